The average molecular weight is 415 g/mol. The minimum atomic E-state index is 0.180. The number of nitrogens with zero attached hydrogens (tertiary/aromatic N) is 2. The maximum Gasteiger partial charge on any atom is 0.0700 e. The van der Waals surface area contributed by atoms with E-state index in [9.17, 15) is 0 Å². The molecule has 2 aliphatic heterocycles. The van der Waals surface area contributed by atoms with Crippen molar-refractivity contribution in [2.45, 2.75) is 0 Å². The number of allylic oxidation sites excluding steroid dienone is 14. The van der Waals surface area contributed by atoms with E-state index in [0.29, 0.717) is 0 Å². The lowest BCUT2D eigenvalue weighted by Crippen LogP contribution is -2.08. The van der Waals surface area contributed by atoms with Crippen molar-refractivity contribution in [1.29, 1.82) is 0 Å². The number of hydrogen-bond acceptors (Lipinski definition) is 2. The summed E-state index contributed by atoms with van der Waals surface area (Å²) < 4.78 is 0. The Morgan fingerprint density at radius 3 is 2.19 bits per heavy atom. The number of H-pyrrole nitrogens is 2. The summed E-state index contributed by atoms with van der Waals surface area (Å²) in [5.41, 5.74) is 8.46. The van der Waals surface area contributed by atoms with Crippen molar-refractivity contribution in [1.82, 2.24) is 9.97 Å². The Balaban J connectivity index is 1.46. The Labute approximate surface area is 186 Å². The SMILES string of the molecule is C1=C/C(=C(C2=N/C(=C(\c3ccc(-c4ccc[nH]4)[nH]3)C3C=CC=C3)C=C2)\C2C=CC=C2)N=C1. The van der Waals surface area contributed by atoms with E-state index in [2.05, 4.69) is 100.0 Å². The van der Waals surface area contributed by atoms with Gasteiger partial charge >= 0.3 is 0 Å². The number of aliphatic imine (C=N–C) groups is 2. The molecule has 32 heavy (non-hydrogen) atoms. The van der Waals surface area contributed by atoms with Crippen LogP contribution in [0.3, 0.4) is 0 Å². The van der Waals surface area contributed by atoms with E-state index in [4.69, 9.17) is 4.99 Å². The smallest absolute Gasteiger partial charge is 0.0700 e. The monoisotopic (exact) mass is 414 g/mol. The standard InChI is InChI=1S/C28H22N4/c1-2-8-19(7-1)27(23-12-6-18-30-23)24-15-16-26(32-24)28(20-9-3-4-10-20)25-14-13-22(31-25)21-11-5-17-29-21/h1-20,29,31H/b27-23-,28-26-. The average Bonchev–Trinajstić information content (AvgIpc) is 3.66. The van der Waals surface area contributed by atoms with Crippen LogP contribution >= 0.6 is 0 Å². The number of rotatable bonds is 5. The van der Waals surface area contributed by atoms with Gasteiger partial charge in [0.2, 0.25) is 0 Å². The minimum absolute atomic E-state index is 0.180. The predicted molar refractivity (Wildman–Crippen MR) is 132 cm³/mol. The molecule has 154 valence electrons. The van der Waals surface area contributed by atoms with E-state index in [0.717, 1.165) is 39.8 Å². The van der Waals surface area contributed by atoms with Gasteiger partial charge in [-0.05, 0) is 48.6 Å². The van der Waals surface area contributed by atoms with E-state index in [1.54, 1.807) is 0 Å². The lowest BCUT2D eigenvalue weighted by molar-refractivity contribution is 1.02. The lowest BCUT2D eigenvalue weighted by atomic mass is 9.94. The van der Waals surface area contributed by atoms with Crippen molar-refractivity contribution in [3.63, 3.8) is 0 Å². The summed E-state index contributed by atoms with van der Waals surface area (Å²) in [5, 5.41) is 0. The van der Waals surface area contributed by atoms with Crippen LogP contribution in [0.1, 0.15) is 5.69 Å². The van der Waals surface area contributed by atoms with Gasteiger partial charge in [0.05, 0.1) is 28.5 Å². The van der Waals surface area contributed by atoms with Gasteiger partial charge in [-0.1, -0.05) is 48.6 Å². The van der Waals surface area contributed by atoms with E-state index in [1.165, 1.54) is 5.57 Å². The first-order valence-electron chi connectivity index (χ1n) is 10.9. The van der Waals surface area contributed by atoms with Crippen LogP contribution in [0, 0.1) is 11.8 Å². The zero-order valence-electron chi connectivity index (χ0n) is 17.4. The topological polar surface area (TPSA) is 56.3 Å². The van der Waals surface area contributed by atoms with Crippen LogP contribution in [-0.4, -0.2) is 21.9 Å². The van der Waals surface area contributed by atoms with Gasteiger partial charge in [-0.15, -0.1) is 0 Å². The normalized spacial score (nSPS) is 22.2. The fourth-order valence-electron chi connectivity index (χ4n) is 4.54. The first kappa shape index (κ1) is 18.6. The molecule has 0 aromatic carbocycles. The van der Waals surface area contributed by atoms with Crippen molar-refractivity contribution in [3.8, 4) is 11.4 Å². The van der Waals surface area contributed by atoms with Gasteiger partial charge in [-0.25, -0.2) is 4.99 Å². The van der Waals surface area contributed by atoms with Gasteiger partial charge in [0.25, 0.3) is 0 Å². The summed E-state index contributed by atoms with van der Waals surface area (Å²) >= 11 is 0. The molecule has 2 aliphatic carbocycles. The largest absolute Gasteiger partial charge is 0.360 e. The Kier molecular flexibility index (Phi) is 4.54. The van der Waals surface area contributed by atoms with Crippen LogP contribution < -0.4 is 0 Å². The van der Waals surface area contributed by atoms with E-state index in [1.807, 2.05) is 24.6 Å². The maximum absolute atomic E-state index is 5.13. The third-order valence-corrected chi connectivity index (χ3v) is 6.05. The summed E-state index contributed by atoms with van der Waals surface area (Å²) in [6.07, 6.45) is 29.3. The fourth-order valence-corrected chi connectivity index (χ4v) is 4.54. The molecular formula is C28H22N4. The first-order chi connectivity index (χ1) is 15.9. The summed E-state index contributed by atoms with van der Waals surface area (Å²) in [6, 6.07) is 8.34. The Morgan fingerprint density at radius 2 is 1.50 bits per heavy atom. The van der Waals surface area contributed by atoms with Gasteiger partial charge in [0.1, 0.15) is 0 Å². The molecule has 0 amide bonds. The summed E-state index contributed by atoms with van der Waals surface area (Å²) in [4.78, 5) is 16.6. The third-order valence-electron chi connectivity index (χ3n) is 6.05. The van der Waals surface area contributed by atoms with E-state index >= 15 is 0 Å². The van der Waals surface area contributed by atoms with Crippen molar-refractivity contribution in [2.24, 2.45) is 21.8 Å². The van der Waals surface area contributed by atoms with Gasteiger partial charge in [-0.3, -0.25) is 4.99 Å². The molecule has 2 aromatic rings. The molecule has 0 saturated heterocycles. The second-order valence-corrected chi connectivity index (χ2v) is 8.03. The van der Waals surface area contributed by atoms with Crippen LogP contribution in [0.4, 0.5) is 0 Å². The predicted octanol–water partition coefficient (Wildman–Crippen LogP) is 6.11. The summed E-state index contributed by atoms with van der Waals surface area (Å²) in [6.45, 7) is 0. The highest BCUT2D eigenvalue weighted by atomic mass is 14.8. The van der Waals surface area contributed by atoms with Gasteiger partial charge in [0, 0.05) is 41.1 Å². The second-order valence-electron chi connectivity index (χ2n) is 8.03. The van der Waals surface area contributed by atoms with Gasteiger partial charge in [-0.2, -0.15) is 0 Å². The van der Waals surface area contributed by atoms with Crippen molar-refractivity contribution >= 4 is 17.5 Å². The third kappa shape index (κ3) is 3.26. The molecule has 6 rings (SSSR count). The highest BCUT2D eigenvalue weighted by molar-refractivity contribution is 6.13. The fraction of sp³-hybridized carbons (Fsp3) is 0.0714. The van der Waals surface area contributed by atoms with Crippen molar-refractivity contribution in [2.75, 3.05) is 0 Å². The molecule has 0 atom stereocenters. The highest BCUT2D eigenvalue weighted by Crippen LogP contribution is 2.37. The number of aromatic nitrogens is 2. The molecule has 4 heterocycles. The van der Waals surface area contributed by atoms with Crippen LogP contribution in [0.5, 0.6) is 0 Å². The van der Waals surface area contributed by atoms with Crippen molar-refractivity contribution < 1.29 is 0 Å². The van der Waals surface area contributed by atoms with E-state index < -0.39 is 0 Å². The Hall–Kier alpha value is -4.18. The molecule has 2 N–H and O–H groups in total. The number of aromatic amines is 2. The molecule has 4 nitrogen and oxygen atoms in total. The summed E-state index contributed by atoms with van der Waals surface area (Å²) in [7, 11) is 0. The molecule has 0 bridgehead atoms. The quantitative estimate of drug-likeness (QED) is 0.593. The molecular weight excluding hydrogens is 392 g/mol. The minimum Gasteiger partial charge on any atom is -0.360 e. The van der Waals surface area contributed by atoms with Crippen LogP contribution in [0.25, 0.3) is 17.0 Å². The Bertz CT molecular complexity index is 1320. The highest BCUT2D eigenvalue weighted by Gasteiger charge is 2.25. The molecule has 0 spiro atoms. The molecule has 2 aromatic heterocycles. The molecule has 0 fully saturated rings. The van der Waals surface area contributed by atoms with Gasteiger partial charge < -0.3 is 9.97 Å². The molecule has 0 saturated carbocycles. The first-order valence-corrected chi connectivity index (χ1v) is 10.9. The van der Waals surface area contributed by atoms with Crippen LogP contribution in [0.2, 0.25) is 0 Å². The maximum atomic E-state index is 5.13. The van der Waals surface area contributed by atoms with E-state index in [-0.39, 0.29) is 11.8 Å². The molecule has 0 radical (unpaired) electrons. The van der Waals surface area contributed by atoms with Crippen LogP contribution in [-0.2, 0) is 0 Å². The van der Waals surface area contributed by atoms with Crippen molar-refractivity contribution in [3.05, 3.63) is 126 Å². The van der Waals surface area contributed by atoms with Crippen LogP contribution in [0.15, 0.2) is 130 Å². The number of nitrogens with one attached hydrogen (secondary N) is 2. The van der Waals surface area contributed by atoms with Gasteiger partial charge in [0.15, 0.2) is 0 Å². The zero-order valence-corrected chi connectivity index (χ0v) is 17.4. The Morgan fingerprint density at radius 1 is 0.719 bits per heavy atom. The zero-order chi connectivity index (χ0) is 21.3. The molecule has 4 aliphatic rings. The molecule has 0 unspecified atom stereocenters. The second kappa shape index (κ2) is 7.82. The molecule has 4 heteroatoms. The summed E-state index contributed by atoms with van der Waals surface area (Å²) in [5.74, 6) is 0.368. The lowest BCUT2D eigenvalue weighted by Gasteiger charge is -2.14. The number of hydrogen-bond donors (Lipinski definition) is 2.